The molecule has 0 saturated heterocycles. The molecule has 15 heteroatoms. The third kappa shape index (κ3) is 11.1. The summed E-state index contributed by atoms with van der Waals surface area (Å²) in [6, 6.07) is 17.2. The van der Waals surface area contributed by atoms with E-state index in [2.05, 4.69) is 20.5 Å². The molecule has 4 aromatic rings. The Kier molecular flexibility index (Phi) is 13.6. The van der Waals surface area contributed by atoms with Crippen molar-refractivity contribution >= 4 is 23.5 Å². The number of aliphatic carboxylic acids is 1. The average molecular weight is 707 g/mol. The van der Waals surface area contributed by atoms with Crippen molar-refractivity contribution in [3.8, 4) is 11.4 Å². The number of rotatable bonds is 13. The van der Waals surface area contributed by atoms with E-state index in [1.54, 1.807) is 12.1 Å². The molecule has 1 heterocycles. The Morgan fingerprint density at radius 1 is 0.880 bits per heavy atom. The number of nitrogens with one attached hydrogen (secondary N) is 2. The first-order valence-electron chi connectivity index (χ1n) is 15.6. The zero-order chi connectivity index (χ0) is 37.1. The number of anilines is 1. The lowest BCUT2D eigenvalue weighted by molar-refractivity contribution is -0.274. The number of alkyl halides is 6. The fraction of sp³-hybridized carbons (Fsp3) is 0.314. The number of carbonyl (C=O) groups excluding carboxylic acids is 2. The fourth-order valence-corrected chi connectivity index (χ4v) is 5.07. The smallest absolute Gasteiger partial charge is 0.481 e. The predicted molar refractivity (Wildman–Crippen MR) is 173 cm³/mol. The summed E-state index contributed by atoms with van der Waals surface area (Å²) in [6.07, 6.45) is -7.14. The number of carboxylic acid groups (broad SMARTS) is 1. The van der Waals surface area contributed by atoms with E-state index in [-0.39, 0.29) is 18.5 Å². The second-order valence-corrected chi connectivity index (χ2v) is 10.7. The van der Waals surface area contributed by atoms with Gasteiger partial charge in [-0.3, -0.25) is 14.4 Å². The molecule has 3 aromatic carbocycles. The molecule has 0 aliphatic rings. The first kappa shape index (κ1) is 39.1. The summed E-state index contributed by atoms with van der Waals surface area (Å²) < 4.78 is 82.5. The maximum Gasteiger partial charge on any atom is 0.573 e. The van der Waals surface area contributed by atoms with Crippen molar-refractivity contribution in [1.29, 1.82) is 0 Å². The van der Waals surface area contributed by atoms with E-state index in [0.29, 0.717) is 41.5 Å². The van der Waals surface area contributed by atoms with Crippen LogP contribution in [0.4, 0.5) is 32.0 Å². The molecule has 0 aliphatic heterocycles. The van der Waals surface area contributed by atoms with Gasteiger partial charge in [0.15, 0.2) is 0 Å². The molecule has 2 unspecified atom stereocenters. The molecule has 2 atom stereocenters. The highest BCUT2D eigenvalue weighted by Gasteiger charge is 2.34. The summed E-state index contributed by atoms with van der Waals surface area (Å²) in [5.74, 6) is -4.00. The van der Waals surface area contributed by atoms with Crippen molar-refractivity contribution in [2.75, 3.05) is 11.9 Å². The molecule has 4 rings (SSSR count). The van der Waals surface area contributed by atoms with Crippen molar-refractivity contribution in [2.45, 2.75) is 64.4 Å². The van der Waals surface area contributed by atoms with Crippen LogP contribution in [0.2, 0.25) is 0 Å². The van der Waals surface area contributed by atoms with Gasteiger partial charge < -0.3 is 20.5 Å². The first-order chi connectivity index (χ1) is 23.6. The summed E-state index contributed by atoms with van der Waals surface area (Å²) in [4.78, 5) is 37.2. The Morgan fingerprint density at radius 2 is 1.48 bits per heavy atom. The number of hydrogen-bond donors (Lipinski definition) is 3. The van der Waals surface area contributed by atoms with Gasteiger partial charge in [0, 0.05) is 24.0 Å². The largest absolute Gasteiger partial charge is 0.573 e. The van der Waals surface area contributed by atoms with Gasteiger partial charge in [0.2, 0.25) is 5.91 Å². The van der Waals surface area contributed by atoms with E-state index < -0.39 is 53.5 Å². The lowest BCUT2D eigenvalue weighted by atomic mass is 9.78. The number of amides is 2. The molecule has 2 amide bonds. The highest BCUT2D eigenvalue weighted by molar-refractivity contribution is 5.97. The standard InChI is InChI=1S/C33H30F6N4O5.C2H6/c1-2-3-27(20-4-6-22(7-5-20)30(46)40-17-16-28(44)45)29(21-8-14-26(15-9-21)48-33(37,38)39)31(47)42-24-10-12-25(13-11-24)43-19-23(18-41-43)32(34,35)36;1-2/h4-15,18-19,27,29H,2-3,16-17H2,1H3,(H,40,46)(H,42,47)(H,44,45);1-2H3. The fourth-order valence-electron chi connectivity index (χ4n) is 5.07. The lowest BCUT2D eigenvalue weighted by Gasteiger charge is -2.28. The van der Waals surface area contributed by atoms with Gasteiger partial charge in [0.05, 0.1) is 29.8 Å². The molecule has 0 radical (unpaired) electrons. The molecule has 0 spiro atoms. The van der Waals surface area contributed by atoms with Gasteiger partial charge in [0.1, 0.15) is 5.75 Å². The number of nitrogens with zero attached hydrogens (tertiary/aromatic N) is 2. The van der Waals surface area contributed by atoms with Gasteiger partial charge >= 0.3 is 18.5 Å². The Morgan fingerprint density at radius 3 is 2.00 bits per heavy atom. The van der Waals surface area contributed by atoms with Crippen LogP contribution in [-0.4, -0.2) is 45.6 Å². The van der Waals surface area contributed by atoms with Crippen molar-refractivity contribution in [3.05, 3.63) is 107 Å². The molecule has 0 aliphatic carbocycles. The number of ether oxygens (including phenoxy) is 1. The van der Waals surface area contributed by atoms with Crippen LogP contribution in [0.15, 0.2) is 85.2 Å². The number of benzene rings is 3. The zero-order valence-electron chi connectivity index (χ0n) is 27.3. The summed E-state index contributed by atoms with van der Waals surface area (Å²) in [5.41, 5.74) is 0.971. The summed E-state index contributed by atoms with van der Waals surface area (Å²) in [5, 5.41) is 17.8. The molecule has 0 saturated carbocycles. The Labute approximate surface area is 284 Å². The first-order valence-corrected chi connectivity index (χ1v) is 15.6. The minimum absolute atomic E-state index is 0.0673. The molecule has 0 fully saturated rings. The minimum atomic E-state index is -4.92. The quantitative estimate of drug-likeness (QED) is 0.120. The van der Waals surface area contributed by atoms with Crippen LogP contribution in [-0.2, 0) is 15.8 Å². The maximum absolute atomic E-state index is 14.0. The van der Waals surface area contributed by atoms with Crippen LogP contribution in [0.25, 0.3) is 5.69 Å². The number of hydrogen-bond acceptors (Lipinski definition) is 5. The maximum atomic E-state index is 14.0. The number of carboxylic acids is 1. The zero-order valence-corrected chi connectivity index (χ0v) is 27.3. The monoisotopic (exact) mass is 706 g/mol. The van der Waals surface area contributed by atoms with Crippen molar-refractivity contribution in [3.63, 3.8) is 0 Å². The van der Waals surface area contributed by atoms with Gasteiger partial charge in [-0.1, -0.05) is 51.5 Å². The molecular weight excluding hydrogens is 670 g/mol. The van der Waals surface area contributed by atoms with E-state index in [9.17, 15) is 40.7 Å². The lowest BCUT2D eigenvalue weighted by Crippen LogP contribution is -2.27. The molecular formula is C35H36F6N4O5. The molecule has 3 N–H and O–H groups in total. The Balaban J connectivity index is 0.00000332. The number of aromatic nitrogens is 2. The number of carbonyl (C=O) groups is 3. The summed E-state index contributed by atoms with van der Waals surface area (Å²) in [7, 11) is 0. The van der Waals surface area contributed by atoms with Crippen molar-refractivity contribution < 1.29 is 50.6 Å². The minimum Gasteiger partial charge on any atom is -0.481 e. The van der Waals surface area contributed by atoms with E-state index in [1.807, 2.05) is 20.8 Å². The van der Waals surface area contributed by atoms with E-state index in [0.717, 1.165) is 23.0 Å². The average Bonchev–Trinajstić information content (AvgIpc) is 3.57. The topological polar surface area (TPSA) is 123 Å². The Hall–Kier alpha value is -5.34. The molecule has 268 valence electrons. The normalized spacial score (nSPS) is 12.6. The SMILES string of the molecule is CC.CCCC(c1ccc(C(=O)NCCC(=O)O)cc1)C(C(=O)Nc1ccc(-n2cc(C(F)(F)F)cn2)cc1)c1ccc(OC(F)(F)F)cc1. The third-order valence-electron chi connectivity index (χ3n) is 7.29. The van der Waals surface area contributed by atoms with Crippen LogP contribution in [0.5, 0.6) is 5.75 Å². The van der Waals surface area contributed by atoms with Gasteiger partial charge in [0.25, 0.3) is 5.91 Å². The highest BCUT2D eigenvalue weighted by atomic mass is 19.4. The number of halogens is 6. The molecule has 50 heavy (non-hydrogen) atoms. The van der Waals surface area contributed by atoms with Crippen molar-refractivity contribution in [1.82, 2.24) is 15.1 Å². The van der Waals surface area contributed by atoms with Crippen LogP contribution in [0, 0.1) is 0 Å². The van der Waals surface area contributed by atoms with Crippen molar-refractivity contribution in [2.24, 2.45) is 0 Å². The molecule has 1 aromatic heterocycles. The third-order valence-corrected chi connectivity index (χ3v) is 7.29. The summed E-state index contributed by atoms with van der Waals surface area (Å²) in [6.45, 7) is 5.83. The van der Waals surface area contributed by atoms with Crippen LogP contribution < -0.4 is 15.4 Å². The predicted octanol–water partition coefficient (Wildman–Crippen LogP) is 8.33. The van der Waals surface area contributed by atoms with E-state index in [4.69, 9.17) is 5.11 Å². The highest BCUT2D eigenvalue weighted by Crippen LogP contribution is 2.39. The molecule has 9 nitrogen and oxygen atoms in total. The van der Waals surface area contributed by atoms with E-state index in [1.165, 1.54) is 48.5 Å². The van der Waals surface area contributed by atoms with Gasteiger partial charge in [-0.2, -0.15) is 18.3 Å². The van der Waals surface area contributed by atoms with Crippen LogP contribution in [0.3, 0.4) is 0 Å². The Bertz CT molecular complexity index is 1700. The van der Waals surface area contributed by atoms with E-state index >= 15 is 0 Å². The van der Waals surface area contributed by atoms with Crippen LogP contribution >= 0.6 is 0 Å². The van der Waals surface area contributed by atoms with Crippen LogP contribution in [0.1, 0.15) is 78.9 Å². The second kappa shape index (κ2) is 17.4. The molecule has 0 bridgehead atoms. The van der Waals surface area contributed by atoms with Gasteiger partial charge in [-0.15, -0.1) is 13.2 Å². The summed E-state index contributed by atoms with van der Waals surface area (Å²) >= 11 is 0. The van der Waals surface area contributed by atoms with Gasteiger partial charge in [-0.25, -0.2) is 4.68 Å². The van der Waals surface area contributed by atoms with Gasteiger partial charge in [-0.05, 0) is 72.0 Å². The second-order valence-electron chi connectivity index (χ2n) is 10.7.